The van der Waals surface area contributed by atoms with Gasteiger partial charge in [0.25, 0.3) is 5.22 Å². The van der Waals surface area contributed by atoms with Crippen LogP contribution in [0.4, 0.5) is 0 Å². The summed E-state index contributed by atoms with van der Waals surface area (Å²) in [4.78, 5) is 2.45. The lowest BCUT2D eigenvalue weighted by atomic mass is 10.0. The topological polar surface area (TPSA) is 76.3 Å². The molecule has 0 aliphatic carbocycles. The number of hydrogen-bond donors (Lipinski definition) is 0. The second-order valence-electron chi connectivity index (χ2n) is 6.70. The highest BCUT2D eigenvalue weighted by Gasteiger charge is 2.29. The zero-order valence-corrected chi connectivity index (χ0v) is 15.2. The summed E-state index contributed by atoms with van der Waals surface area (Å²) in [5.41, 5.74) is 0. The minimum atomic E-state index is -2.84. The van der Waals surface area contributed by atoms with E-state index in [9.17, 15) is 8.42 Å². The van der Waals surface area contributed by atoms with Gasteiger partial charge in [0.1, 0.15) is 0 Å². The third kappa shape index (κ3) is 4.93. The summed E-state index contributed by atoms with van der Waals surface area (Å²) in [6.45, 7) is 1.20. The van der Waals surface area contributed by atoms with Crippen molar-refractivity contribution in [2.45, 2.75) is 49.8 Å². The molecule has 1 aromatic heterocycles. The highest BCUT2D eigenvalue weighted by molar-refractivity contribution is 7.99. The molecule has 2 aliphatic rings. The molecule has 2 atom stereocenters. The molecule has 0 N–H and O–H groups in total. The van der Waals surface area contributed by atoms with Gasteiger partial charge in [-0.2, -0.15) is 0 Å². The van der Waals surface area contributed by atoms with Gasteiger partial charge < -0.3 is 9.32 Å². The Labute approximate surface area is 142 Å². The number of hydrogen-bond acceptors (Lipinski definition) is 7. The SMILES string of the molecule is CN1CCCC[C@@H]1CCSc1nnc(C[C@@H]2CCS(=O)(=O)C2)o1. The first kappa shape index (κ1) is 17.2. The summed E-state index contributed by atoms with van der Waals surface area (Å²) < 4.78 is 28.6. The molecule has 3 heterocycles. The van der Waals surface area contributed by atoms with Crippen LogP contribution < -0.4 is 0 Å². The van der Waals surface area contributed by atoms with E-state index in [4.69, 9.17) is 4.42 Å². The molecule has 23 heavy (non-hydrogen) atoms. The van der Waals surface area contributed by atoms with Crippen LogP contribution in [-0.2, 0) is 16.3 Å². The largest absolute Gasteiger partial charge is 0.416 e. The van der Waals surface area contributed by atoms with Crippen molar-refractivity contribution in [1.82, 2.24) is 15.1 Å². The van der Waals surface area contributed by atoms with E-state index in [1.165, 1.54) is 25.8 Å². The molecule has 0 spiro atoms. The normalized spacial score (nSPS) is 28.2. The Morgan fingerprint density at radius 3 is 2.91 bits per heavy atom. The zero-order chi connectivity index (χ0) is 16.3. The van der Waals surface area contributed by atoms with Crippen LogP contribution in [-0.4, -0.2) is 60.4 Å². The van der Waals surface area contributed by atoms with Crippen LogP contribution >= 0.6 is 11.8 Å². The Morgan fingerprint density at radius 2 is 2.17 bits per heavy atom. The molecule has 0 amide bonds. The number of nitrogens with zero attached hydrogens (tertiary/aromatic N) is 3. The van der Waals surface area contributed by atoms with Gasteiger partial charge in [-0.05, 0) is 45.2 Å². The maximum atomic E-state index is 11.5. The summed E-state index contributed by atoms with van der Waals surface area (Å²) in [6.07, 6.45) is 6.35. The number of piperidine rings is 1. The Morgan fingerprint density at radius 1 is 1.30 bits per heavy atom. The fourth-order valence-electron chi connectivity index (χ4n) is 3.45. The van der Waals surface area contributed by atoms with Crippen molar-refractivity contribution in [3.05, 3.63) is 5.89 Å². The molecule has 1 aromatic rings. The molecular formula is C15H25N3O3S2. The van der Waals surface area contributed by atoms with Gasteiger partial charge in [0.2, 0.25) is 5.89 Å². The summed E-state index contributed by atoms with van der Waals surface area (Å²) in [6, 6.07) is 0.669. The molecule has 8 heteroatoms. The monoisotopic (exact) mass is 359 g/mol. The molecule has 2 saturated heterocycles. The molecule has 130 valence electrons. The fraction of sp³-hybridized carbons (Fsp3) is 0.867. The van der Waals surface area contributed by atoms with E-state index in [-0.39, 0.29) is 11.7 Å². The first-order valence-corrected chi connectivity index (χ1v) is 11.2. The van der Waals surface area contributed by atoms with Crippen molar-refractivity contribution in [3.63, 3.8) is 0 Å². The molecule has 0 aromatic carbocycles. The lowest BCUT2D eigenvalue weighted by Gasteiger charge is -2.32. The lowest BCUT2D eigenvalue weighted by Crippen LogP contribution is -2.36. The van der Waals surface area contributed by atoms with E-state index in [0.29, 0.717) is 35.7 Å². The van der Waals surface area contributed by atoms with Gasteiger partial charge in [-0.25, -0.2) is 8.42 Å². The molecule has 2 aliphatic heterocycles. The lowest BCUT2D eigenvalue weighted by molar-refractivity contribution is 0.182. The molecule has 0 unspecified atom stereocenters. The molecular weight excluding hydrogens is 334 g/mol. The van der Waals surface area contributed by atoms with Crippen LogP contribution in [0.3, 0.4) is 0 Å². The van der Waals surface area contributed by atoms with Gasteiger partial charge in [-0.15, -0.1) is 10.2 Å². The van der Waals surface area contributed by atoms with E-state index >= 15 is 0 Å². The van der Waals surface area contributed by atoms with E-state index in [0.717, 1.165) is 12.2 Å². The van der Waals surface area contributed by atoms with Crippen molar-refractivity contribution >= 4 is 21.6 Å². The van der Waals surface area contributed by atoms with Gasteiger partial charge in [0, 0.05) is 18.2 Å². The predicted molar refractivity (Wildman–Crippen MR) is 90.4 cm³/mol. The quantitative estimate of drug-likeness (QED) is 0.719. The van der Waals surface area contributed by atoms with Crippen LogP contribution in [0.2, 0.25) is 0 Å². The van der Waals surface area contributed by atoms with E-state index in [1.54, 1.807) is 11.8 Å². The first-order chi connectivity index (χ1) is 11.0. The molecule has 0 radical (unpaired) electrons. The minimum Gasteiger partial charge on any atom is -0.416 e. The maximum Gasteiger partial charge on any atom is 0.276 e. The van der Waals surface area contributed by atoms with Crippen LogP contribution in [0, 0.1) is 5.92 Å². The van der Waals surface area contributed by atoms with Gasteiger partial charge in [0.05, 0.1) is 11.5 Å². The summed E-state index contributed by atoms with van der Waals surface area (Å²) >= 11 is 1.61. The molecule has 2 fully saturated rings. The third-order valence-corrected chi connectivity index (χ3v) is 7.53. The van der Waals surface area contributed by atoms with Crippen molar-refractivity contribution in [2.24, 2.45) is 5.92 Å². The summed E-state index contributed by atoms with van der Waals surface area (Å²) in [5.74, 6) is 2.24. The number of sulfone groups is 1. The Bertz CT molecular complexity index is 617. The molecule has 0 bridgehead atoms. The Balaban J connectivity index is 1.42. The van der Waals surface area contributed by atoms with Crippen molar-refractivity contribution in [3.8, 4) is 0 Å². The third-order valence-electron chi connectivity index (χ3n) is 4.84. The summed E-state index contributed by atoms with van der Waals surface area (Å²) in [7, 11) is -0.637. The average molecular weight is 360 g/mol. The highest BCUT2D eigenvalue weighted by atomic mass is 32.2. The highest BCUT2D eigenvalue weighted by Crippen LogP contribution is 2.25. The van der Waals surface area contributed by atoms with Crippen molar-refractivity contribution in [2.75, 3.05) is 30.9 Å². The van der Waals surface area contributed by atoms with Crippen molar-refractivity contribution < 1.29 is 12.8 Å². The standard InChI is InChI=1S/C15H25N3O3S2/c1-18-7-3-2-4-13(18)5-8-22-15-17-16-14(21-15)10-12-6-9-23(19,20)11-12/h12-13H,2-11H2,1H3/t12-,13+/m0/s1. The minimum absolute atomic E-state index is 0.134. The van der Waals surface area contributed by atoms with E-state index in [2.05, 4.69) is 22.1 Å². The van der Waals surface area contributed by atoms with Crippen LogP contribution in [0.1, 0.15) is 38.0 Å². The predicted octanol–water partition coefficient (Wildman–Crippen LogP) is 2.01. The number of aromatic nitrogens is 2. The van der Waals surface area contributed by atoms with Crippen molar-refractivity contribution in [1.29, 1.82) is 0 Å². The van der Waals surface area contributed by atoms with E-state index in [1.807, 2.05) is 0 Å². The second kappa shape index (κ2) is 7.53. The average Bonchev–Trinajstić information content (AvgIpc) is 3.08. The molecule has 3 rings (SSSR count). The maximum absolute atomic E-state index is 11.5. The zero-order valence-electron chi connectivity index (χ0n) is 13.6. The van der Waals surface area contributed by atoms with Gasteiger partial charge in [0.15, 0.2) is 9.84 Å². The number of likely N-dealkylation sites (tertiary alicyclic amines) is 1. The fourth-order valence-corrected chi connectivity index (χ4v) is 6.13. The second-order valence-corrected chi connectivity index (χ2v) is 9.98. The van der Waals surface area contributed by atoms with Crippen LogP contribution in [0.15, 0.2) is 9.64 Å². The Kier molecular flexibility index (Phi) is 5.64. The molecule has 6 nitrogen and oxygen atoms in total. The molecule has 0 saturated carbocycles. The Hall–Kier alpha value is -0.600. The van der Waals surface area contributed by atoms with Crippen LogP contribution in [0.5, 0.6) is 0 Å². The number of rotatable bonds is 6. The summed E-state index contributed by atoms with van der Waals surface area (Å²) in [5, 5.41) is 8.76. The number of thioether (sulfide) groups is 1. The van der Waals surface area contributed by atoms with Gasteiger partial charge in [-0.1, -0.05) is 18.2 Å². The van der Waals surface area contributed by atoms with Gasteiger partial charge in [-0.3, -0.25) is 0 Å². The smallest absolute Gasteiger partial charge is 0.276 e. The van der Waals surface area contributed by atoms with Crippen LogP contribution in [0.25, 0.3) is 0 Å². The van der Waals surface area contributed by atoms with Gasteiger partial charge >= 0.3 is 0 Å². The van der Waals surface area contributed by atoms with E-state index < -0.39 is 9.84 Å². The first-order valence-electron chi connectivity index (χ1n) is 8.38.